The SMILES string of the molecule is CNCc1ccc(C)c(-c2nc(N3CCC(N4CCC(C)CC4)CC3)nc(NC=O)c2/C=C\c2c(F)cccc2F)c1. The smallest absolute Gasteiger partial charge is 0.227 e. The van der Waals surface area contributed by atoms with Crippen LogP contribution in [-0.4, -0.2) is 60.5 Å². The molecule has 2 N–H and O–H groups in total. The fourth-order valence-corrected chi connectivity index (χ4v) is 6.03. The molecule has 7 nitrogen and oxygen atoms in total. The first kappa shape index (κ1) is 29.8. The highest BCUT2D eigenvalue weighted by Gasteiger charge is 2.29. The molecule has 0 aliphatic carbocycles. The summed E-state index contributed by atoms with van der Waals surface area (Å²) < 4.78 is 29.0. The van der Waals surface area contributed by atoms with Gasteiger partial charge in [-0.15, -0.1) is 0 Å². The number of aryl methyl sites for hydroxylation is 1. The molecule has 5 rings (SSSR count). The molecular formula is C33H40F2N6O. The summed E-state index contributed by atoms with van der Waals surface area (Å²) in [6.07, 6.45) is 8.09. The van der Waals surface area contributed by atoms with Crippen LogP contribution in [0.3, 0.4) is 0 Å². The van der Waals surface area contributed by atoms with Crippen molar-refractivity contribution in [3.8, 4) is 11.3 Å². The molecule has 42 heavy (non-hydrogen) atoms. The van der Waals surface area contributed by atoms with E-state index in [0.29, 0.717) is 42.0 Å². The van der Waals surface area contributed by atoms with Crippen molar-refractivity contribution in [3.05, 3.63) is 70.3 Å². The van der Waals surface area contributed by atoms with Gasteiger partial charge in [0.2, 0.25) is 12.4 Å². The lowest BCUT2D eigenvalue weighted by Gasteiger charge is -2.41. The van der Waals surface area contributed by atoms with Gasteiger partial charge in [-0.05, 0) is 100 Å². The van der Waals surface area contributed by atoms with Crippen LogP contribution in [0.2, 0.25) is 0 Å². The lowest BCUT2D eigenvalue weighted by Crippen LogP contribution is -2.48. The van der Waals surface area contributed by atoms with E-state index in [-0.39, 0.29) is 5.56 Å². The molecule has 2 aliphatic rings. The minimum Gasteiger partial charge on any atom is -0.341 e. The number of carbonyl (C=O) groups is 1. The normalized spacial score (nSPS) is 17.2. The quantitative estimate of drug-likeness (QED) is 0.311. The highest BCUT2D eigenvalue weighted by molar-refractivity contribution is 5.89. The van der Waals surface area contributed by atoms with Crippen LogP contribution in [0.5, 0.6) is 0 Å². The number of nitrogens with zero attached hydrogens (tertiary/aromatic N) is 4. The Labute approximate surface area is 247 Å². The number of anilines is 2. The topological polar surface area (TPSA) is 73.4 Å². The van der Waals surface area contributed by atoms with Gasteiger partial charge in [0.05, 0.1) is 5.69 Å². The number of nitrogens with one attached hydrogen (secondary N) is 2. The zero-order chi connectivity index (χ0) is 29.6. The summed E-state index contributed by atoms with van der Waals surface area (Å²) >= 11 is 0. The first-order chi connectivity index (χ1) is 20.4. The van der Waals surface area contributed by atoms with Gasteiger partial charge >= 0.3 is 0 Å². The number of rotatable bonds is 9. The standard InChI is InChI=1S/C33H40F2N6O/c1-22-11-15-40(16-12-22)25-13-17-41(18-14-25)33-38-31(28-19-24(20-36-3)8-7-23(28)2)27(32(39-33)37-21-42)10-9-26-29(34)5-4-6-30(26)35/h4-10,19,21-22,25,36H,11-18,20H2,1-3H3,(H,37,38,39,42)/b10-9-. The lowest BCUT2D eigenvalue weighted by atomic mass is 9.95. The van der Waals surface area contributed by atoms with Crippen LogP contribution in [0.25, 0.3) is 23.4 Å². The average Bonchev–Trinajstić information content (AvgIpc) is 2.99. The Balaban J connectivity index is 1.54. The maximum absolute atomic E-state index is 14.5. The second kappa shape index (κ2) is 13.5. The van der Waals surface area contributed by atoms with E-state index in [9.17, 15) is 13.6 Å². The predicted molar refractivity (Wildman–Crippen MR) is 165 cm³/mol. The summed E-state index contributed by atoms with van der Waals surface area (Å²) in [5.41, 5.74) is 3.83. The molecule has 0 radical (unpaired) electrons. The number of hydrogen-bond acceptors (Lipinski definition) is 6. The molecule has 9 heteroatoms. The van der Waals surface area contributed by atoms with Crippen molar-refractivity contribution in [1.29, 1.82) is 0 Å². The third-order valence-electron chi connectivity index (χ3n) is 8.57. The molecule has 1 aromatic heterocycles. The Morgan fingerprint density at radius 2 is 1.64 bits per heavy atom. The lowest BCUT2D eigenvalue weighted by molar-refractivity contribution is -0.105. The Morgan fingerprint density at radius 3 is 2.31 bits per heavy atom. The maximum Gasteiger partial charge on any atom is 0.227 e. The first-order valence-electron chi connectivity index (χ1n) is 14.9. The van der Waals surface area contributed by atoms with Gasteiger partial charge in [0, 0.05) is 42.4 Å². The van der Waals surface area contributed by atoms with Gasteiger partial charge in [0.15, 0.2) is 0 Å². The van der Waals surface area contributed by atoms with Gasteiger partial charge < -0.3 is 20.4 Å². The van der Waals surface area contributed by atoms with Crippen LogP contribution in [0.4, 0.5) is 20.5 Å². The highest BCUT2D eigenvalue weighted by atomic mass is 19.1. The molecule has 0 spiro atoms. The van der Waals surface area contributed by atoms with E-state index in [1.165, 1.54) is 37.1 Å². The second-order valence-corrected chi connectivity index (χ2v) is 11.5. The fraction of sp³-hybridized carbons (Fsp3) is 0.424. The molecule has 3 aromatic rings. The summed E-state index contributed by atoms with van der Waals surface area (Å²) in [6.45, 7) is 8.94. The molecule has 0 unspecified atom stereocenters. The predicted octanol–water partition coefficient (Wildman–Crippen LogP) is 5.89. The van der Waals surface area contributed by atoms with Gasteiger partial charge in [-0.25, -0.2) is 13.8 Å². The molecule has 3 heterocycles. The van der Waals surface area contributed by atoms with Gasteiger partial charge in [-0.1, -0.05) is 25.1 Å². The monoisotopic (exact) mass is 574 g/mol. The van der Waals surface area contributed by atoms with Crippen LogP contribution in [0, 0.1) is 24.5 Å². The number of amides is 1. The molecule has 2 aromatic carbocycles. The molecule has 2 fully saturated rings. The molecule has 222 valence electrons. The fourth-order valence-electron chi connectivity index (χ4n) is 6.03. The van der Waals surface area contributed by atoms with Crippen molar-refractivity contribution in [3.63, 3.8) is 0 Å². The van der Waals surface area contributed by atoms with E-state index in [1.54, 1.807) is 6.08 Å². The van der Waals surface area contributed by atoms with E-state index in [1.807, 2.05) is 20.0 Å². The number of benzene rings is 2. The van der Waals surface area contributed by atoms with Crippen molar-refractivity contribution in [2.45, 2.75) is 52.1 Å². The summed E-state index contributed by atoms with van der Waals surface area (Å²) in [5, 5.41) is 5.92. The minimum absolute atomic E-state index is 0.167. The van der Waals surface area contributed by atoms with Crippen molar-refractivity contribution in [2.24, 2.45) is 5.92 Å². The van der Waals surface area contributed by atoms with E-state index in [0.717, 1.165) is 61.6 Å². The van der Waals surface area contributed by atoms with E-state index >= 15 is 0 Å². The molecule has 0 atom stereocenters. The van der Waals surface area contributed by atoms with Crippen molar-refractivity contribution in [1.82, 2.24) is 20.2 Å². The molecule has 2 aliphatic heterocycles. The number of piperidine rings is 2. The van der Waals surface area contributed by atoms with E-state index < -0.39 is 11.6 Å². The molecule has 0 bridgehead atoms. The maximum atomic E-state index is 14.5. The van der Waals surface area contributed by atoms with Gasteiger partial charge in [-0.2, -0.15) is 4.98 Å². The molecular weight excluding hydrogens is 534 g/mol. The Kier molecular flexibility index (Phi) is 9.59. The third kappa shape index (κ3) is 6.68. The average molecular weight is 575 g/mol. The summed E-state index contributed by atoms with van der Waals surface area (Å²) in [5.74, 6) is 0.285. The third-order valence-corrected chi connectivity index (χ3v) is 8.57. The Bertz CT molecular complexity index is 1410. The molecule has 1 amide bonds. The number of likely N-dealkylation sites (tertiary alicyclic amines) is 1. The zero-order valence-electron chi connectivity index (χ0n) is 24.7. The van der Waals surface area contributed by atoms with Crippen LogP contribution in [0.15, 0.2) is 36.4 Å². The van der Waals surface area contributed by atoms with Crippen molar-refractivity contribution >= 4 is 30.3 Å². The molecule has 2 saturated heterocycles. The number of hydrogen-bond donors (Lipinski definition) is 2. The minimum atomic E-state index is -0.673. The summed E-state index contributed by atoms with van der Waals surface area (Å²) in [4.78, 5) is 26.4. The van der Waals surface area contributed by atoms with Gasteiger partial charge in [0.1, 0.15) is 17.5 Å². The Morgan fingerprint density at radius 1 is 0.952 bits per heavy atom. The number of aromatic nitrogens is 2. The van der Waals surface area contributed by atoms with Gasteiger partial charge in [0.25, 0.3) is 0 Å². The second-order valence-electron chi connectivity index (χ2n) is 11.5. The van der Waals surface area contributed by atoms with Crippen LogP contribution in [0.1, 0.15) is 54.9 Å². The zero-order valence-corrected chi connectivity index (χ0v) is 24.7. The molecule has 0 saturated carbocycles. The number of halogens is 2. The highest BCUT2D eigenvalue weighted by Crippen LogP contribution is 2.34. The van der Waals surface area contributed by atoms with Crippen LogP contribution < -0.4 is 15.5 Å². The number of carbonyl (C=O) groups excluding carboxylic acids is 1. The Hall–Kier alpha value is -3.69. The van der Waals surface area contributed by atoms with E-state index in [2.05, 4.69) is 39.5 Å². The van der Waals surface area contributed by atoms with Crippen LogP contribution >= 0.6 is 0 Å². The largest absolute Gasteiger partial charge is 0.341 e. The van der Waals surface area contributed by atoms with Crippen molar-refractivity contribution < 1.29 is 13.6 Å². The van der Waals surface area contributed by atoms with E-state index in [4.69, 9.17) is 9.97 Å². The summed E-state index contributed by atoms with van der Waals surface area (Å²) in [6, 6.07) is 10.5. The summed E-state index contributed by atoms with van der Waals surface area (Å²) in [7, 11) is 1.89. The van der Waals surface area contributed by atoms with Gasteiger partial charge in [-0.3, -0.25) is 4.79 Å². The van der Waals surface area contributed by atoms with Crippen LogP contribution in [-0.2, 0) is 11.3 Å². The first-order valence-corrected chi connectivity index (χ1v) is 14.9. The van der Waals surface area contributed by atoms with Crippen molar-refractivity contribution in [2.75, 3.05) is 43.4 Å².